The summed E-state index contributed by atoms with van der Waals surface area (Å²) in [6.07, 6.45) is 4.29. The molecule has 1 fully saturated rings. The highest BCUT2D eigenvalue weighted by molar-refractivity contribution is 5.83. The highest BCUT2D eigenvalue weighted by atomic mass is 16.2. The van der Waals surface area contributed by atoms with Gasteiger partial charge in [0, 0.05) is 25.3 Å². The lowest BCUT2D eigenvalue weighted by molar-refractivity contribution is -0.123. The molecule has 5 nitrogen and oxygen atoms in total. The molecule has 3 aromatic rings. The maximum Gasteiger partial charge on any atom is 0.243 e. The molecule has 26 heavy (non-hydrogen) atoms. The maximum absolute atomic E-state index is 12.6. The average Bonchev–Trinajstić information content (AvgIpc) is 3.36. The number of hydrogen-bond donors (Lipinski definition) is 1. The molecular formula is C21H24N4O. The molecule has 1 saturated heterocycles. The highest BCUT2D eigenvalue weighted by Crippen LogP contribution is 2.21. The quantitative estimate of drug-likeness (QED) is 0.768. The third-order valence-corrected chi connectivity index (χ3v) is 5.15. The van der Waals surface area contributed by atoms with Gasteiger partial charge < -0.3 is 14.8 Å². The molecule has 0 aliphatic carbocycles. The number of anilines is 1. The number of amides is 1. The number of carbonyl (C=O) groups excluding carboxylic acids is 1. The van der Waals surface area contributed by atoms with Gasteiger partial charge in [-0.05, 0) is 49.6 Å². The zero-order valence-electron chi connectivity index (χ0n) is 15.1. The molecule has 134 valence electrons. The molecule has 4 rings (SSSR count). The molecule has 1 unspecified atom stereocenters. The Morgan fingerprint density at radius 2 is 1.85 bits per heavy atom. The van der Waals surface area contributed by atoms with Crippen molar-refractivity contribution < 1.29 is 4.79 Å². The van der Waals surface area contributed by atoms with E-state index < -0.39 is 0 Å². The number of imidazole rings is 1. The zero-order valence-corrected chi connectivity index (χ0v) is 15.1. The van der Waals surface area contributed by atoms with Gasteiger partial charge in [-0.2, -0.15) is 0 Å². The molecule has 1 amide bonds. The van der Waals surface area contributed by atoms with E-state index in [2.05, 4.69) is 39.5 Å². The number of benzene rings is 2. The van der Waals surface area contributed by atoms with Gasteiger partial charge in [0.2, 0.25) is 5.91 Å². The van der Waals surface area contributed by atoms with Crippen LogP contribution in [-0.4, -0.2) is 28.5 Å². The monoisotopic (exact) mass is 348 g/mol. The Bertz CT molecular complexity index is 894. The summed E-state index contributed by atoms with van der Waals surface area (Å²) in [6.45, 7) is 4.73. The number of nitrogens with one attached hydrogen (secondary N) is 1. The predicted octanol–water partition coefficient (Wildman–Crippen LogP) is 3.51. The van der Waals surface area contributed by atoms with Crippen molar-refractivity contribution in [1.82, 2.24) is 14.9 Å². The Morgan fingerprint density at radius 3 is 2.62 bits per heavy atom. The van der Waals surface area contributed by atoms with Crippen molar-refractivity contribution in [3.63, 3.8) is 0 Å². The predicted molar refractivity (Wildman–Crippen MR) is 104 cm³/mol. The number of carbonyl (C=O) groups is 1. The molecule has 0 bridgehead atoms. The summed E-state index contributed by atoms with van der Waals surface area (Å²) >= 11 is 0. The van der Waals surface area contributed by atoms with Gasteiger partial charge in [-0.3, -0.25) is 4.79 Å². The van der Waals surface area contributed by atoms with Crippen LogP contribution in [0.1, 0.15) is 31.4 Å². The third-order valence-electron chi connectivity index (χ3n) is 5.15. The summed E-state index contributed by atoms with van der Waals surface area (Å²) in [4.78, 5) is 19.3. The van der Waals surface area contributed by atoms with Crippen LogP contribution in [0.4, 0.5) is 5.69 Å². The van der Waals surface area contributed by atoms with Crippen molar-refractivity contribution in [3.05, 3.63) is 60.4 Å². The van der Waals surface area contributed by atoms with E-state index in [1.807, 2.05) is 35.8 Å². The Hall–Kier alpha value is -2.82. The number of para-hydroxylation sites is 2. The minimum Gasteiger partial charge on any atom is -0.372 e. The summed E-state index contributed by atoms with van der Waals surface area (Å²) in [5.41, 5.74) is 4.27. The molecule has 1 aliphatic rings. The van der Waals surface area contributed by atoms with E-state index in [1.165, 1.54) is 18.5 Å². The van der Waals surface area contributed by atoms with Crippen molar-refractivity contribution in [2.75, 3.05) is 18.0 Å². The Labute approximate surface area is 153 Å². The van der Waals surface area contributed by atoms with Gasteiger partial charge >= 0.3 is 0 Å². The lowest BCUT2D eigenvalue weighted by atomic mass is 10.2. The summed E-state index contributed by atoms with van der Waals surface area (Å²) in [5, 5.41) is 3.04. The summed E-state index contributed by atoms with van der Waals surface area (Å²) < 4.78 is 1.92. The van der Waals surface area contributed by atoms with Crippen LogP contribution in [0.25, 0.3) is 11.0 Å². The van der Waals surface area contributed by atoms with Crippen LogP contribution >= 0.6 is 0 Å². The topological polar surface area (TPSA) is 50.2 Å². The van der Waals surface area contributed by atoms with Crippen LogP contribution < -0.4 is 10.2 Å². The van der Waals surface area contributed by atoms with Crippen LogP contribution in [0.3, 0.4) is 0 Å². The number of rotatable bonds is 5. The van der Waals surface area contributed by atoms with Crippen LogP contribution in [0.2, 0.25) is 0 Å². The standard InChI is InChI=1S/C21H24N4O/c1-16(25-15-23-19-6-2-3-7-20(19)25)21(26)22-14-17-8-10-18(11-9-17)24-12-4-5-13-24/h2-3,6-11,15-16H,4-5,12-14H2,1H3,(H,22,26). The van der Waals surface area contributed by atoms with Crippen LogP contribution in [0.15, 0.2) is 54.9 Å². The fraction of sp³-hybridized carbons (Fsp3) is 0.333. The summed E-state index contributed by atoms with van der Waals surface area (Å²) in [7, 11) is 0. The van der Waals surface area contributed by atoms with Crippen LogP contribution in [-0.2, 0) is 11.3 Å². The number of hydrogen-bond acceptors (Lipinski definition) is 3. The van der Waals surface area contributed by atoms with Gasteiger partial charge in [0.1, 0.15) is 6.04 Å². The van der Waals surface area contributed by atoms with Gasteiger partial charge in [-0.15, -0.1) is 0 Å². The van der Waals surface area contributed by atoms with Crippen molar-refractivity contribution in [1.29, 1.82) is 0 Å². The lowest BCUT2D eigenvalue weighted by Crippen LogP contribution is -2.30. The molecule has 1 N–H and O–H groups in total. The molecule has 0 spiro atoms. The van der Waals surface area contributed by atoms with Gasteiger partial charge in [-0.1, -0.05) is 24.3 Å². The lowest BCUT2D eigenvalue weighted by Gasteiger charge is -2.18. The molecule has 5 heteroatoms. The third kappa shape index (κ3) is 3.29. The zero-order chi connectivity index (χ0) is 17.9. The van der Waals surface area contributed by atoms with E-state index in [1.54, 1.807) is 6.33 Å². The molecule has 2 heterocycles. The molecule has 1 atom stereocenters. The average molecular weight is 348 g/mol. The largest absolute Gasteiger partial charge is 0.372 e. The van der Waals surface area contributed by atoms with Crippen molar-refractivity contribution >= 4 is 22.6 Å². The maximum atomic E-state index is 12.6. The smallest absolute Gasteiger partial charge is 0.243 e. The molecule has 2 aromatic carbocycles. The van der Waals surface area contributed by atoms with E-state index in [-0.39, 0.29) is 11.9 Å². The van der Waals surface area contributed by atoms with Crippen molar-refractivity contribution in [2.24, 2.45) is 0 Å². The minimum atomic E-state index is -0.300. The van der Waals surface area contributed by atoms with Gasteiger partial charge in [0.05, 0.1) is 17.4 Å². The second-order valence-electron chi connectivity index (χ2n) is 6.89. The Kier molecular flexibility index (Phi) is 4.61. The van der Waals surface area contributed by atoms with E-state index in [0.717, 1.165) is 29.7 Å². The number of aromatic nitrogens is 2. The van der Waals surface area contributed by atoms with Crippen molar-refractivity contribution in [2.45, 2.75) is 32.4 Å². The van der Waals surface area contributed by atoms with E-state index in [9.17, 15) is 4.79 Å². The normalized spacial score (nSPS) is 15.3. The molecule has 1 aromatic heterocycles. The second kappa shape index (κ2) is 7.20. The fourth-order valence-electron chi connectivity index (χ4n) is 3.55. The van der Waals surface area contributed by atoms with E-state index in [4.69, 9.17) is 0 Å². The highest BCUT2D eigenvalue weighted by Gasteiger charge is 2.17. The first kappa shape index (κ1) is 16.6. The Morgan fingerprint density at radius 1 is 1.12 bits per heavy atom. The SMILES string of the molecule is CC(C(=O)NCc1ccc(N2CCCC2)cc1)n1cnc2ccccc21. The molecule has 1 aliphatic heterocycles. The minimum absolute atomic E-state index is 0.00299. The van der Waals surface area contributed by atoms with Gasteiger partial charge in [-0.25, -0.2) is 4.98 Å². The number of nitrogens with zero attached hydrogens (tertiary/aromatic N) is 3. The van der Waals surface area contributed by atoms with Crippen molar-refractivity contribution in [3.8, 4) is 0 Å². The first-order valence-electron chi connectivity index (χ1n) is 9.25. The van der Waals surface area contributed by atoms with Gasteiger partial charge in [0.15, 0.2) is 0 Å². The molecule has 0 saturated carbocycles. The second-order valence-corrected chi connectivity index (χ2v) is 6.89. The first-order valence-corrected chi connectivity index (χ1v) is 9.25. The summed E-state index contributed by atoms with van der Waals surface area (Å²) in [6, 6.07) is 16.1. The van der Waals surface area contributed by atoms with Crippen LogP contribution in [0.5, 0.6) is 0 Å². The van der Waals surface area contributed by atoms with Crippen LogP contribution in [0, 0.1) is 0 Å². The van der Waals surface area contributed by atoms with E-state index in [0.29, 0.717) is 6.54 Å². The number of fused-ring (bicyclic) bond motifs is 1. The molecule has 0 radical (unpaired) electrons. The van der Waals surface area contributed by atoms with E-state index >= 15 is 0 Å². The molecular weight excluding hydrogens is 324 g/mol. The fourth-order valence-corrected chi connectivity index (χ4v) is 3.55. The summed E-state index contributed by atoms with van der Waals surface area (Å²) in [5.74, 6) is -0.00299. The Balaban J connectivity index is 1.38. The van der Waals surface area contributed by atoms with Gasteiger partial charge in [0.25, 0.3) is 0 Å². The first-order chi connectivity index (χ1) is 12.7.